The van der Waals surface area contributed by atoms with Crippen molar-refractivity contribution in [3.63, 3.8) is 0 Å². The van der Waals surface area contributed by atoms with Crippen molar-refractivity contribution >= 4 is 22.8 Å². The molecule has 2 aromatic heterocycles. The summed E-state index contributed by atoms with van der Waals surface area (Å²) in [6.07, 6.45) is 1.52. The molecule has 3 N–H and O–H groups in total. The van der Waals surface area contributed by atoms with Gasteiger partial charge in [0.15, 0.2) is 0 Å². The molecule has 0 aliphatic rings. The Morgan fingerprint density at radius 3 is 2.73 bits per heavy atom. The van der Waals surface area contributed by atoms with Gasteiger partial charge in [0.05, 0.1) is 19.2 Å². The average molecular weight is 298 g/mol. The molecule has 6 nitrogen and oxygen atoms in total. The predicted molar refractivity (Wildman–Crippen MR) is 79.5 cm³/mol. The number of aromatic amines is 1. The van der Waals surface area contributed by atoms with Crippen molar-refractivity contribution in [1.82, 2.24) is 10.3 Å². The molecule has 0 atom stereocenters. The van der Waals surface area contributed by atoms with Crippen LogP contribution < -0.4 is 5.32 Å². The Morgan fingerprint density at radius 1 is 1.18 bits per heavy atom. The zero-order chi connectivity index (χ0) is 15.5. The second-order valence-corrected chi connectivity index (χ2v) is 4.86. The molecule has 0 radical (unpaired) electrons. The number of nitrogens with one attached hydrogen (secondary N) is 2. The third-order valence-corrected chi connectivity index (χ3v) is 3.40. The van der Waals surface area contributed by atoms with Gasteiger partial charge in [-0.3, -0.25) is 4.79 Å². The monoisotopic (exact) mass is 298 g/mol. The number of carbonyl (C=O) groups excluding carboxylic acids is 1. The standard InChI is InChI=1S/C16H14N2O4/c19-14(17-9-10-4-3-7-22-10)8-12-11-5-1-2-6-13(11)18-15(12)16(20)21/h1-7,18H,8-9H2,(H,17,19)(H,20,21). The summed E-state index contributed by atoms with van der Waals surface area (Å²) in [4.78, 5) is 26.2. The quantitative estimate of drug-likeness (QED) is 0.673. The molecule has 3 aromatic rings. The number of furan rings is 1. The molecule has 22 heavy (non-hydrogen) atoms. The highest BCUT2D eigenvalue weighted by molar-refractivity contribution is 5.99. The highest BCUT2D eigenvalue weighted by Crippen LogP contribution is 2.23. The molecule has 0 bridgehead atoms. The SMILES string of the molecule is O=C(Cc1c(C(=O)O)[nH]c2ccccc12)NCc1ccco1. The summed E-state index contributed by atoms with van der Waals surface area (Å²) in [6.45, 7) is 0.274. The summed E-state index contributed by atoms with van der Waals surface area (Å²) in [7, 11) is 0. The number of carbonyl (C=O) groups is 2. The van der Waals surface area contributed by atoms with Crippen molar-refractivity contribution in [3.05, 3.63) is 59.7 Å². The smallest absolute Gasteiger partial charge is 0.352 e. The Balaban J connectivity index is 1.81. The zero-order valence-corrected chi connectivity index (χ0v) is 11.6. The molecule has 0 saturated carbocycles. The first-order chi connectivity index (χ1) is 10.6. The molecular formula is C16H14N2O4. The first-order valence-electron chi connectivity index (χ1n) is 6.77. The van der Waals surface area contributed by atoms with Crippen LogP contribution in [0.15, 0.2) is 47.1 Å². The van der Waals surface area contributed by atoms with Gasteiger partial charge in [0.1, 0.15) is 11.5 Å². The topological polar surface area (TPSA) is 95.3 Å². The lowest BCUT2D eigenvalue weighted by atomic mass is 10.1. The fourth-order valence-electron chi connectivity index (χ4n) is 2.39. The number of H-pyrrole nitrogens is 1. The van der Waals surface area contributed by atoms with Crippen molar-refractivity contribution in [3.8, 4) is 0 Å². The fourth-order valence-corrected chi connectivity index (χ4v) is 2.39. The van der Waals surface area contributed by atoms with E-state index in [1.54, 1.807) is 24.3 Å². The Kier molecular flexibility index (Phi) is 3.65. The van der Waals surface area contributed by atoms with E-state index in [4.69, 9.17) is 4.42 Å². The van der Waals surface area contributed by atoms with Crippen LogP contribution in [0, 0.1) is 0 Å². The van der Waals surface area contributed by atoms with Crippen LogP contribution in [0.3, 0.4) is 0 Å². The van der Waals surface area contributed by atoms with Gasteiger partial charge in [-0.15, -0.1) is 0 Å². The van der Waals surface area contributed by atoms with Crippen LogP contribution in [0.2, 0.25) is 0 Å². The maximum Gasteiger partial charge on any atom is 0.352 e. The average Bonchev–Trinajstić information content (AvgIpc) is 3.13. The van der Waals surface area contributed by atoms with Crippen molar-refractivity contribution in [2.45, 2.75) is 13.0 Å². The lowest BCUT2D eigenvalue weighted by Crippen LogP contribution is -2.25. The molecule has 6 heteroatoms. The Hall–Kier alpha value is -3.02. The second kappa shape index (κ2) is 5.77. The van der Waals surface area contributed by atoms with Gasteiger partial charge < -0.3 is 19.8 Å². The first-order valence-corrected chi connectivity index (χ1v) is 6.77. The molecule has 0 fully saturated rings. The van der Waals surface area contributed by atoms with Crippen LogP contribution in [0.4, 0.5) is 0 Å². The van der Waals surface area contributed by atoms with Crippen LogP contribution in [0.5, 0.6) is 0 Å². The molecule has 3 rings (SSSR count). The molecular weight excluding hydrogens is 284 g/mol. The number of hydrogen-bond acceptors (Lipinski definition) is 3. The maximum absolute atomic E-state index is 12.1. The molecule has 1 amide bonds. The van der Waals surface area contributed by atoms with E-state index in [0.29, 0.717) is 16.8 Å². The highest BCUT2D eigenvalue weighted by atomic mass is 16.4. The van der Waals surface area contributed by atoms with Gasteiger partial charge in [-0.25, -0.2) is 4.79 Å². The number of benzene rings is 1. The van der Waals surface area contributed by atoms with Crippen LogP contribution in [0.25, 0.3) is 10.9 Å². The highest BCUT2D eigenvalue weighted by Gasteiger charge is 2.19. The Labute approximate surface area is 125 Å². The third kappa shape index (κ3) is 2.71. The predicted octanol–water partition coefficient (Wildman–Crippen LogP) is 2.32. The largest absolute Gasteiger partial charge is 0.477 e. The van der Waals surface area contributed by atoms with Gasteiger partial charge in [-0.2, -0.15) is 0 Å². The summed E-state index contributed by atoms with van der Waals surface area (Å²) in [5.41, 5.74) is 1.24. The van der Waals surface area contributed by atoms with Crippen molar-refractivity contribution in [1.29, 1.82) is 0 Å². The van der Waals surface area contributed by atoms with Gasteiger partial charge in [-0.05, 0) is 18.2 Å². The van der Waals surface area contributed by atoms with Gasteiger partial charge in [0.25, 0.3) is 0 Å². The Morgan fingerprint density at radius 2 is 2.00 bits per heavy atom. The number of hydrogen-bond donors (Lipinski definition) is 3. The van der Waals surface area contributed by atoms with E-state index in [1.165, 1.54) is 6.26 Å². The number of carboxylic acids is 1. The summed E-state index contributed by atoms with van der Waals surface area (Å²) >= 11 is 0. The molecule has 0 saturated heterocycles. The summed E-state index contributed by atoms with van der Waals surface area (Å²) in [5.74, 6) is -0.695. The zero-order valence-electron chi connectivity index (χ0n) is 11.6. The molecule has 112 valence electrons. The molecule has 0 aliphatic heterocycles. The lowest BCUT2D eigenvalue weighted by Gasteiger charge is -2.04. The van der Waals surface area contributed by atoms with Crippen LogP contribution in [-0.4, -0.2) is 22.0 Å². The fraction of sp³-hybridized carbons (Fsp3) is 0.125. The van der Waals surface area contributed by atoms with Crippen LogP contribution in [-0.2, 0) is 17.8 Å². The number of aromatic carboxylic acids is 1. The van der Waals surface area contributed by atoms with Gasteiger partial charge in [0.2, 0.25) is 5.91 Å². The van der Waals surface area contributed by atoms with Crippen molar-refractivity contribution in [2.75, 3.05) is 0 Å². The maximum atomic E-state index is 12.1. The van der Waals surface area contributed by atoms with Crippen LogP contribution >= 0.6 is 0 Å². The summed E-state index contributed by atoms with van der Waals surface area (Å²) in [5, 5.41) is 12.7. The molecule has 0 spiro atoms. The molecule has 2 heterocycles. The normalized spacial score (nSPS) is 10.7. The second-order valence-electron chi connectivity index (χ2n) is 4.86. The minimum Gasteiger partial charge on any atom is -0.477 e. The van der Waals surface area contributed by atoms with E-state index in [0.717, 1.165) is 5.39 Å². The van der Waals surface area contributed by atoms with Gasteiger partial charge >= 0.3 is 5.97 Å². The number of rotatable bonds is 5. The molecule has 0 unspecified atom stereocenters. The third-order valence-electron chi connectivity index (χ3n) is 3.40. The Bertz CT molecular complexity index is 818. The number of para-hydroxylation sites is 1. The number of carboxylic acid groups (broad SMARTS) is 1. The van der Waals surface area contributed by atoms with E-state index >= 15 is 0 Å². The van der Waals surface area contributed by atoms with E-state index in [1.807, 2.05) is 12.1 Å². The van der Waals surface area contributed by atoms with E-state index in [2.05, 4.69) is 10.3 Å². The number of amides is 1. The van der Waals surface area contributed by atoms with E-state index < -0.39 is 5.97 Å². The minimum atomic E-state index is -1.08. The summed E-state index contributed by atoms with van der Waals surface area (Å²) in [6, 6.07) is 10.7. The van der Waals surface area contributed by atoms with Crippen LogP contribution in [0.1, 0.15) is 21.8 Å². The first kappa shape index (κ1) is 13.9. The van der Waals surface area contributed by atoms with Crippen molar-refractivity contribution < 1.29 is 19.1 Å². The molecule has 1 aromatic carbocycles. The van der Waals surface area contributed by atoms with Gasteiger partial charge in [-0.1, -0.05) is 18.2 Å². The van der Waals surface area contributed by atoms with Gasteiger partial charge in [0, 0.05) is 16.5 Å². The van der Waals surface area contributed by atoms with E-state index in [9.17, 15) is 14.7 Å². The summed E-state index contributed by atoms with van der Waals surface area (Å²) < 4.78 is 5.14. The minimum absolute atomic E-state index is 0.00758. The number of aromatic nitrogens is 1. The molecule has 0 aliphatic carbocycles. The van der Waals surface area contributed by atoms with Crippen molar-refractivity contribution in [2.24, 2.45) is 0 Å². The number of fused-ring (bicyclic) bond motifs is 1. The lowest BCUT2D eigenvalue weighted by molar-refractivity contribution is -0.120. The van der Waals surface area contributed by atoms with E-state index in [-0.39, 0.29) is 24.6 Å².